The summed E-state index contributed by atoms with van der Waals surface area (Å²) in [5, 5.41) is 3.48. The lowest BCUT2D eigenvalue weighted by molar-refractivity contribution is 0.349. The Kier molecular flexibility index (Phi) is 6.12. The third-order valence-corrected chi connectivity index (χ3v) is 2.88. The third-order valence-electron chi connectivity index (χ3n) is 2.88. The molecule has 0 atom stereocenters. The molecule has 0 heterocycles. The summed E-state index contributed by atoms with van der Waals surface area (Å²) in [6.07, 6.45) is 1.12. The van der Waals surface area contributed by atoms with Crippen molar-refractivity contribution in [3.05, 3.63) is 35.4 Å². The molecule has 0 saturated carbocycles. The van der Waals surface area contributed by atoms with Gasteiger partial charge in [0.2, 0.25) is 0 Å². The Balaban J connectivity index is 2.12. The molecule has 0 aliphatic heterocycles. The van der Waals surface area contributed by atoms with E-state index in [0.717, 1.165) is 32.6 Å². The number of hydrogen-bond acceptors (Lipinski definition) is 2. The average molecular weight is 220 g/mol. The predicted molar refractivity (Wildman–Crippen MR) is 70.9 cm³/mol. The zero-order valence-electron chi connectivity index (χ0n) is 10.8. The van der Waals surface area contributed by atoms with E-state index in [2.05, 4.69) is 55.4 Å². The second kappa shape index (κ2) is 7.42. The molecule has 0 saturated heterocycles. The van der Waals surface area contributed by atoms with E-state index in [9.17, 15) is 0 Å². The summed E-state index contributed by atoms with van der Waals surface area (Å²) in [7, 11) is 2.15. The molecule has 2 heteroatoms. The van der Waals surface area contributed by atoms with Crippen molar-refractivity contribution >= 4 is 0 Å². The highest BCUT2D eigenvalue weighted by Crippen LogP contribution is 2.03. The zero-order chi connectivity index (χ0) is 11.8. The molecular weight excluding hydrogens is 196 g/mol. The summed E-state index contributed by atoms with van der Waals surface area (Å²) >= 11 is 0. The first-order valence-electron chi connectivity index (χ1n) is 6.17. The van der Waals surface area contributed by atoms with Crippen molar-refractivity contribution in [2.45, 2.75) is 20.3 Å². The fourth-order valence-corrected chi connectivity index (χ4v) is 1.65. The van der Waals surface area contributed by atoms with E-state index in [1.165, 1.54) is 11.1 Å². The molecule has 0 amide bonds. The van der Waals surface area contributed by atoms with Gasteiger partial charge in [-0.05, 0) is 39.0 Å². The van der Waals surface area contributed by atoms with Crippen LogP contribution in [0.15, 0.2) is 24.3 Å². The predicted octanol–water partition coefficient (Wildman–Crippen LogP) is 2.08. The molecule has 0 fully saturated rings. The van der Waals surface area contributed by atoms with Crippen LogP contribution in [0, 0.1) is 6.92 Å². The topological polar surface area (TPSA) is 15.3 Å². The van der Waals surface area contributed by atoms with Crippen molar-refractivity contribution < 1.29 is 0 Å². The number of benzene rings is 1. The minimum absolute atomic E-state index is 1.07. The number of hydrogen-bond donors (Lipinski definition) is 1. The number of aryl methyl sites for hydroxylation is 1. The maximum Gasteiger partial charge on any atom is 0.0104 e. The molecule has 1 N–H and O–H groups in total. The van der Waals surface area contributed by atoms with Crippen LogP contribution in [0.4, 0.5) is 0 Å². The van der Waals surface area contributed by atoms with Crippen LogP contribution in [0.25, 0.3) is 0 Å². The van der Waals surface area contributed by atoms with Crippen LogP contribution in [-0.2, 0) is 6.42 Å². The summed E-state index contributed by atoms with van der Waals surface area (Å²) in [6.45, 7) is 8.74. The highest BCUT2D eigenvalue weighted by atomic mass is 15.1. The average Bonchev–Trinajstić information content (AvgIpc) is 2.28. The Morgan fingerprint density at radius 1 is 1.25 bits per heavy atom. The highest BCUT2D eigenvalue weighted by Gasteiger charge is 1.95. The molecule has 0 unspecified atom stereocenters. The van der Waals surface area contributed by atoms with Crippen LogP contribution >= 0.6 is 0 Å². The van der Waals surface area contributed by atoms with Crippen molar-refractivity contribution in [2.24, 2.45) is 0 Å². The van der Waals surface area contributed by atoms with Gasteiger partial charge in [0.25, 0.3) is 0 Å². The molecule has 0 spiro atoms. The van der Waals surface area contributed by atoms with Crippen molar-refractivity contribution in [1.29, 1.82) is 0 Å². The molecule has 0 aromatic heterocycles. The van der Waals surface area contributed by atoms with E-state index in [1.807, 2.05) is 0 Å². The van der Waals surface area contributed by atoms with Crippen molar-refractivity contribution in [2.75, 3.05) is 33.2 Å². The van der Waals surface area contributed by atoms with Crippen LogP contribution in [0.1, 0.15) is 18.1 Å². The van der Waals surface area contributed by atoms with Gasteiger partial charge in [0.1, 0.15) is 0 Å². The van der Waals surface area contributed by atoms with Crippen molar-refractivity contribution in [3.8, 4) is 0 Å². The van der Waals surface area contributed by atoms with Gasteiger partial charge in [0.05, 0.1) is 0 Å². The Hall–Kier alpha value is -0.860. The minimum Gasteiger partial charge on any atom is -0.315 e. The van der Waals surface area contributed by atoms with Crippen molar-refractivity contribution in [1.82, 2.24) is 10.2 Å². The monoisotopic (exact) mass is 220 g/mol. The van der Waals surface area contributed by atoms with Gasteiger partial charge in [-0.15, -0.1) is 0 Å². The maximum atomic E-state index is 3.48. The lowest BCUT2D eigenvalue weighted by Crippen LogP contribution is -2.30. The van der Waals surface area contributed by atoms with E-state index >= 15 is 0 Å². The molecule has 16 heavy (non-hydrogen) atoms. The summed E-state index contributed by atoms with van der Waals surface area (Å²) in [5.41, 5.74) is 2.78. The Bertz CT molecular complexity index is 297. The molecule has 0 radical (unpaired) electrons. The molecular formula is C14H24N2. The first-order valence-corrected chi connectivity index (χ1v) is 6.17. The Morgan fingerprint density at radius 3 is 2.75 bits per heavy atom. The number of nitrogens with one attached hydrogen (secondary N) is 1. The van der Waals surface area contributed by atoms with E-state index in [0.29, 0.717) is 0 Å². The fraction of sp³-hybridized carbons (Fsp3) is 0.571. The SMILES string of the molecule is CCN(C)CCNCCc1cccc(C)c1. The smallest absolute Gasteiger partial charge is 0.0104 e. The lowest BCUT2D eigenvalue weighted by Gasteiger charge is -2.13. The van der Waals surface area contributed by atoms with E-state index in [1.54, 1.807) is 0 Å². The van der Waals surface area contributed by atoms with E-state index in [4.69, 9.17) is 0 Å². The van der Waals surface area contributed by atoms with Crippen LogP contribution in [0.5, 0.6) is 0 Å². The fourth-order valence-electron chi connectivity index (χ4n) is 1.65. The molecule has 1 aromatic carbocycles. The van der Waals surface area contributed by atoms with Crippen LogP contribution < -0.4 is 5.32 Å². The summed E-state index contributed by atoms with van der Waals surface area (Å²) in [6, 6.07) is 8.75. The van der Waals surface area contributed by atoms with Gasteiger partial charge >= 0.3 is 0 Å². The molecule has 0 aliphatic carbocycles. The standard InChI is InChI=1S/C14H24N2/c1-4-16(3)11-10-15-9-8-14-7-5-6-13(2)12-14/h5-7,12,15H,4,8-11H2,1-3H3. The molecule has 0 bridgehead atoms. The van der Waals surface area contributed by atoms with Gasteiger partial charge in [-0.3, -0.25) is 0 Å². The summed E-state index contributed by atoms with van der Waals surface area (Å²) in [4.78, 5) is 2.32. The molecule has 1 aromatic rings. The number of rotatable bonds is 7. The third kappa shape index (κ3) is 5.29. The summed E-state index contributed by atoms with van der Waals surface area (Å²) < 4.78 is 0. The quantitative estimate of drug-likeness (QED) is 0.708. The van der Waals surface area contributed by atoms with E-state index in [-0.39, 0.29) is 0 Å². The largest absolute Gasteiger partial charge is 0.315 e. The highest BCUT2D eigenvalue weighted by molar-refractivity contribution is 5.22. The van der Waals surface area contributed by atoms with Gasteiger partial charge in [-0.2, -0.15) is 0 Å². The summed E-state index contributed by atoms with van der Waals surface area (Å²) in [5.74, 6) is 0. The molecule has 2 nitrogen and oxygen atoms in total. The van der Waals surface area contributed by atoms with Gasteiger partial charge in [0, 0.05) is 13.1 Å². The normalized spacial score (nSPS) is 11.0. The first-order chi connectivity index (χ1) is 7.72. The van der Waals surface area contributed by atoms with Gasteiger partial charge in [0.15, 0.2) is 0 Å². The lowest BCUT2D eigenvalue weighted by atomic mass is 10.1. The zero-order valence-corrected chi connectivity index (χ0v) is 10.8. The van der Waals surface area contributed by atoms with Gasteiger partial charge in [-0.25, -0.2) is 0 Å². The second-order valence-corrected chi connectivity index (χ2v) is 4.38. The second-order valence-electron chi connectivity index (χ2n) is 4.38. The molecule has 1 rings (SSSR count). The van der Waals surface area contributed by atoms with Crippen LogP contribution in [0.2, 0.25) is 0 Å². The first kappa shape index (κ1) is 13.2. The number of likely N-dealkylation sites (N-methyl/N-ethyl adjacent to an activating group) is 1. The Labute approximate surface area is 99.7 Å². The van der Waals surface area contributed by atoms with E-state index < -0.39 is 0 Å². The van der Waals surface area contributed by atoms with Gasteiger partial charge in [-0.1, -0.05) is 36.8 Å². The molecule has 90 valence electrons. The van der Waals surface area contributed by atoms with Gasteiger partial charge < -0.3 is 10.2 Å². The maximum absolute atomic E-state index is 3.48. The van der Waals surface area contributed by atoms with Crippen LogP contribution in [-0.4, -0.2) is 38.1 Å². The minimum atomic E-state index is 1.07. The number of nitrogens with zero attached hydrogens (tertiary/aromatic N) is 1. The van der Waals surface area contributed by atoms with Crippen molar-refractivity contribution in [3.63, 3.8) is 0 Å². The Morgan fingerprint density at radius 2 is 2.06 bits per heavy atom. The molecule has 0 aliphatic rings. The van der Waals surface area contributed by atoms with Crippen LogP contribution in [0.3, 0.4) is 0 Å².